The van der Waals surface area contributed by atoms with Gasteiger partial charge in [-0.3, -0.25) is 0 Å². The Bertz CT molecular complexity index is 404. The minimum Gasteiger partial charge on any atom is -0.396 e. The third kappa shape index (κ3) is 2.11. The van der Waals surface area contributed by atoms with Crippen molar-refractivity contribution in [3.05, 3.63) is 34.9 Å². The number of aliphatic hydroxyl groups excluding tert-OH is 1. The van der Waals surface area contributed by atoms with E-state index in [4.69, 9.17) is 11.6 Å². The van der Waals surface area contributed by atoms with Gasteiger partial charge in [-0.05, 0) is 54.7 Å². The summed E-state index contributed by atoms with van der Waals surface area (Å²) in [5.41, 5.74) is 1.22. The molecule has 4 unspecified atom stereocenters. The molecule has 2 saturated carbocycles. The quantitative estimate of drug-likeness (QED) is 0.864. The van der Waals surface area contributed by atoms with Crippen LogP contribution < -0.4 is 0 Å². The molecule has 1 aromatic carbocycles. The van der Waals surface area contributed by atoms with Gasteiger partial charge in [0.2, 0.25) is 0 Å². The first-order valence-corrected chi connectivity index (χ1v) is 7.02. The lowest BCUT2D eigenvalue weighted by Gasteiger charge is -2.29. The fourth-order valence-corrected chi connectivity index (χ4v) is 4.21. The predicted molar refractivity (Wildman–Crippen MR) is 70.2 cm³/mol. The van der Waals surface area contributed by atoms with Gasteiger partial charge in [0.25, 0.3) is 0 Å². The minimum absolute atomic E-state index is 0.258. The zero-order chi connectivity index (χ0) is 11.8. The SMILES string of the molecule is OCC(c1cccc(Cl)c1)C1CC2CCC1C2. The molecule has 1 N–H and O–H groups in total. The van der Waals surface area contributed by atoms with E-state index in [1.165, 1.54) is 31.2 Å². The summed E-state index contributed by atoms with van der Waals surface area (Å²) in [5, 5.41) is 10.5. The molecule has 1 aromatic rings. The Morgan fingerprint density at radius 2 is 2.18 bits per heavy atom. The van der Waals surface area contributed by atoms with Gasteiger partial charge in [-0.2, -0.15) is 0 Å². The maximum absolute atomic E-state index is 9.72. The number of benzene rings is 1. The molecule has 1 nitrogen and oxygen atoms in total. The van der Waals surface area contributed by atoms with Gasteiger partial charge >= 0.3 is 0 Å². The van der Waals surface area contributed by atoms with Crippen molar-refractivity contribution in [1.82, 2.24) is 0 Å². The standard InChI is InChI=1S/C15H19ClO/c16-13-3-1-2-11(8-13)15(9-17)14-7-10-4-5-12(14)6-10/h1-3,8,10,12,14-15,17H,4-7,9H2. The summed E-state index contributed by atoms with van der Waals surface area (Å²) in [6.07, 6.45) is 5.48. The summed E-state index contributed by atoms with van der Waals surface area (Å²) < 4.78 is 0. The zero-order valence-corrected chi connectivity index (χ0v) is 10.7. The fourth-order valence-electron chi connectivity index (χ4n) is 4.01. The molecule has 0 aliphatic heterocycles. The van der Waals surface area contributed by atoms with Gasteiger partial charge in [-0.25, -0.2) is 0 Å². The first kappa shape index (κ1) is 11.6. The lowest BCUT2D eigenvalue weighted by atomic mass is 9.76. The first-order valence-electron chi connectivity index (χ1n) is 6.64. The predicted octanol–water partition coefficient (Wildman–Crippen LogP) is 3.85. The van der Waals surface area contributed by atoms with Crippen LogP contribution in [0.25, 0.3) is 0 Å². The second-order valence-corrected chi connectivity index (χ2v) is 6.12. The van der Waals surface area contributed by atoms with Gasteiger partial charge in [0.1, 0.15) is 0 Å². The maximum atomic E-state index is 9.72. The molecule has 2 heteroatoms. The molecule has 2 bridgehead atoms. The van der Waals surface area contributed by atoms with Crippen molar-refractivity contribution in [1.29, 1.82) is 0 Å². The Morgan fingerprint density at radius 3 is 2.76 bits per heavy atom. The van der Waals surface area contributed by atoms with Crippen LogP contribution in [0.3, 0.4) is 0 Å². The molecule has 2 aliphatic carbocycles. The minimum atomic E-state index is 0.258. The molecule has 0 radical (unpaired) electrons. The van der Waals surface area contributed by atoms with Crippen LogP contribution in [0.5, 0.6) is 0 Å². The molecule has 2 fully saturated rings. The van der Waals surface area contributed by atoms with Gasteiger partial charge in [0, 0.05) is 10.9 Å². The lowest BCUT2D eigenvalue weighted by molar-refractivity contribution is 0.185. The zero-order valence-electron chi connectivity index (χ0n) is 9.98. The molecule has 0 aromatic heterocycles. The Kier molecular flexibility index (Phi) is 3.14. The summed E-state index contributed by atoms with van der Waals surface area (Å²) in [6, 6.07) is 8.03. The van der Waals surface area contributed by atoms with Crippen LogP contribution in [0.4, 0.5) is 0 Å². The smallest absolute Gasteiger partial charge is 0.0502 e. The lowest BCUT2D eigenvalue weighted by Crippen LogP contribution is -2.22. The molecule has 0 amide bonds. The highest BCUT2D eigenvalue weighted by molar-refractivity contribution is 6.30. The molecular formula is C15H19ClO. The number of aliphatic hydroxyl groups is 1. The van der Waals surface area contributed by atoms with Gasteiger partial charge in [-0.1, -0.05) is 30.2 Å². The number of halogens is 1. The molecule has 0 heterocycles. The molecule has 17 heavy (non-hydrogen) atoms. The summed E-state index contributed by atoms with van der Waals surface area (Å²) in [4.78, 5) is 0. The number of fused-ring (bicyclic) bond motifs is 2. The van der Waals surface area contributed by atoms with E-state index in [9.17, 15) is 5.11 Å². The second kappa shape index (κ2) is 4.62. The fraction of sp³-hybridized carbons (Fsp3) is 0.600. The van der Waals surface area contributed by atoms with Crippen molar-refractivity contribution < 1.29 is 5.11 Å². The summed E-state index contributed by atoms with van der Waals surface area (Å²) >= 11 is 6.05. The third-order valence-electron chi connectivity index (χ3n) is 4.78. The van der Waals surface area contributed by atoms with Crippen LogP contribution in [0.15, 0.2) is 24.3 Å². The second-order valence-electron chi connectivity index (χ2n) is 5.68. The monoisotopic (exact) mass is 250 g/mol. The van der Waals surface area contributed by atoms with Gasteiger partial charge in [-0.15, -0.1) is 0 Å². The summed E-state index contributed by atoms with van der Waals surface area (Å²) in [6.45, 7) is 0.258. The van der Waals surface area contributed by atoms with E-state index in [1.54, 1.807) is 0 Å². The molecule has 3 rings (SSSR count). The average Bonchev–Trinajstić information content (AvgIpc) is 2.92. The number of hydrogen-bond acceptors (Lipinski definition) is 1. The highest BCUT2D eigenvalue weighted by Gasteiger charge is 2.43. The van der Waals surface area contributed by atoms with Crippen molar-refractivity contribution in [3.63, 3.8) is 0 Å². The Balaban J connectivity index is 1.84. The topological polar surface area (TPSA) is 20.2 Å². The van der Waals surface area contributed by atoms with Crippen LogP contribution in [0, 0.1) is 17.8 Å². The van der Waals surface area contributed by atoms with Gasteiger partial charge in [0.05, 0.1) is 6.61 Å². The van der Waals surface area contributed by atoms with Crippen LogP contribution in [0.1, 0.15) is 37.2 Å². The number of rotatable bonds is 3. The van der Waals surface area contributed by atoms with E-state index in [0.29, 0.717) is 11.8 Å². The summed E-state index contributed by atoms with van der Waals surface area (Å²) in [7, 11) is 0. The highest BCUT2D eigenvalue weighted by atomic mass is 35.5. The highest BCUT2D eigenvalue weighted by Crippen LogP contribution is 2.53. The molecular weight excluding hydrogens is 232 g/mol. The van der Waals surface area contributed by atoms with Crippen LogP contribution in [0.2, 0.25) is 5.02 Å². The summed E-state index contributed by atoms with van der Waals surface area (Å²) in [5.74, 6) is 2.75. The molecule has 0 saturated heterocycles. The van der Waals surface area contributed by atoms with E-state index in [0.717, 1.165) is 16.9 Å². The van der Waals surface area contributed by atoms with E-state index in [2.05, 4.69) is 6.07 Å². The molecule has 92 valence electrons. The van der Waals surface area contributed by atoms with Crippen LogP contribution >= 0.6 is 11.6 Å². The van der Waals surface area contributed by atoms with Crippen molar-refractivity contribution >= 4 is 11.6 Å². The van der Waals surface area contributed by atoms with Gasteiger partial charge < -0.3 is 5.11 Å². The normalized spacial score (nSPS) is 32.9. The van der Waals surface area contributed by atoms with Crippen molar-refractivity contribution in [3.8, 4) is 0 Å². The van der Waals surface area contributed by atoms with E-state index in [1.807, 2.05) is 18.2 Å². The third-order valence-corrected chi connectivity index (χ3v) is 5.02. The Hall–Kier alpha value is -0.530. The molecule has 4 atom stereocenters. The first-order chi connectivity index (χ1) is 8.28. The van der Waals surface area contributed by atoms with E-state index >= 15 is 0 Å². The van der Waals surface area contributed by atoms with Crippen LogP contribution in [-0.2, 0) is 0 Å². The Labute approximate surface area is 108 Å². The average molecular weight is 251 g/mol. The molecule has 0 spiro atoms. The number of hydrogen-bond donors (Lipinski definition) is 1. The molecule has 2 aliphatic rings. The Morgan fingerprint density at radius 1 is 1.29 bits per heavy atom. The van der Waals surface area contributed by atoms with E-state index < -0.39 is 0 Å². The van der Waals surface area contributed by atoms with Crippen LogP contribution in [-0.4, -0.2) is 11.7 Å². The van der Waals surface area contributed by atoms with Crippen molar-refractivity contribution in [2.75, 3.05) is 6.61 Å². The van der Waals surface area contributed by atoms with Gasteiger partial charge in [0.15, 0.2) is 0 Å². The largest absolute Gasteiger partial charge is 0.396 e. The van der Waals surface area contributed by atoms with Crippen molar-refractivity contribution in [2.24, 2.45) is 17.8 Å². The maximum Gasteiger partial charge on any atom is 0.0502 e. The van der Waals surface area contributed by atoms with Crippen molar-refractivity contribution in [2.45, 2.75) is 31.6 Å². The van der Waals surface area contributed by atoms with E-state index in [-0.39, 0.29) is 6.61 Å².